The summed E-state index contributed by atoms with van der Waals surface area (Å²) in [6.45, 7) is 2.45. The van der Waals surface area contributed by atoms with Gasteiger partial charge in [-0.1, -0.05) is 30.3 Å². The predicted molar refractivity (Wildman–Crippen MR) is 101 cm³/mol. The number of carbonyl (C=O) groups is 2. The van der Waals surface area contributed by atoms with Crippen molar-refractivity contribution in [2.45, 2.75) is 13.5 Å². The number of halogens is 1. The third kappa shape index (κ3) is 4.51. The molecule has 1 heterocycles. The molecule has 0 radical (unpaired) electrons. The molecule has 0 saturated carbocycles. The van der Waals surface area contributed by atoms with Crippen molar-refractivity contribution in [2.24, 2.45) is 0 Å². The van der Waals surface area contributed by atoms with Crippen LogP contribution in [0.3, 0.4) is 0 Å². The first kappa shape index (κ1) is 18.6. The van der Waals surface area contributed by atoms with E-state index in [4.69, 9.17) is 4.74 Å². The normalized spacial score (nSPS) is 10.7. The second-order valence-corrected chi connectivity index (χ2v) is 5.92. The van der Waals surface area contributed by atoms with E-state index in [0.29, 0.717) is 17.4 Å². The molecule has 27 heavy (non-hydrogen) atoms. The van der Waals surface area contributed by atoms with Gasteiger partial charge in [-0.3, -0.25) is 4.79 Å². The van der Waals surface area contributed by atoms with Gasteiger partial charge in [0.15, 0.2) is 0 Å². The Kier molecular flexibility index (Phi) is 5.83. The zero-order chi connectivity index (χ0) is 19.2. The third-order valence-corrected chi connectivity index (χ3v) is 3.96. The van der Waals surface area contributed by atoms with Crippen LogP contribution < -0.4 is 10.6 Å². The van der Waals surface area contributed by atoms with Crippen molar-refractivity contribution in [1.82, 2.24) is 10.3 Å². The van der Waals surface area contributed by atoms with Crippen molar-refractivity contribution in [3.05, 3.63) is 65.6 Å². The van der Waals surface area contributed by atoms with Crippen molar-refractivity contribution in [3.8, 4) is 0 Å². The van der Waals surface area contributed by atoms with E-state index in [0.717, 1.165) is 5.56 Å². The molecule has 0 aliphatic carbocycles. The highest BCUT2D eigenvalue weighted by atomic mass is 19.1. The molecule has 0 aliphatic heterocycles. The van der Waals surface area contributed by atoms with Gasteiger partial charge in [0.1, 0.15) is 11.5 Å². The van der Waals surface area contributed by atoms with Gasteiger partial charge >= 0.3 is 5.97 Å². The van der Waals surface area contributed by atoms with E-state index in [1.165, 1.54) is 18.2 Å². The van der Waals surface area contributed by atoms with Gasteiger partial charge in [-0.2, -0.15) is 0 Å². The van der Waals surface area contributed by atoms with Gasteiger partial charge in [0.2, 0.25) is 5.91 Å². The van der Waals surface area contributed by atoms with Crippen LogP contribution in [-0.2, 0) is 16.1 Å². The fraction of sp³-hybridized carbons (Fsp3) is 0.200. The lowest BCUT2D eigenvalue weighted by molar-refractivity contribution is -0.115. The van der Waals surface area contributed by atoms with E-state index in [1.807, 2.05) is 30.3 Å². The Balaban J connectivity index is 1.75. The van der Waals surface area contributed by atoms with Crippen LogP contribution in [0.15, 0.2) is 48.5 Å². The summed E-state index contributed by atoms with van der Waals surface area (Å²) in [4.78, 5) is 27.4. The standard InChI is InChI=1S/C20H20FN3O3/c1-2-27-20(26)19-18(15-10-14(21)8-9-16(15)23-19)24-17(25)12-22-11-13-6-4-3-5-7-13/h3-10,22-23H,2,11-12H2,1H3,(H,24,25). The van der Waals surface area contributed by atoms with Crippen LogP contribution in [0, 0.1) is 5.82 Å². The van der Waals surface area contributed by atoms with Crippen LogP contribution in [0.25, 0.3) is 10.9 Å². The SMILES string of the molecule is CCOC(=O)c1[nH]c2ccc(F)cc2c1NC(=O)CNCc1ccccc1. The molecule has 0 atom stereocenters. The summed E-state index contributed by atoms with van der Waals surface area (Å²) in [5.41, 5.74) is 1.89. The molecule has 1 amide bonds. The number of fused-ring (bicyclic) bond motifs is 1. The third-order valence-electron chi connectivity index (χ3n) is 3.96. The summed E-state index contributed by atoms with van der Waals surface area (Å²) in [6.07, 6.45) is 0. The summed E-state index contributed by atoms with van der Waals surface area (Å²) >= 11 is 0. The molecule has 0 unspecified atom stereocenters. The van der Waals surface area contributed by atoms with E-state index < -0.39 is 11.8 Å². The summed E-state index contributed by atoms with van der Waals surface area (Å²) in [5, 5.41) is 6.13. The van der Waals surface area contributed by atoms with E-state index in [-0.39, 0.29) is 30.4 Å². The maximum absolute atomic E-state index is 13.6. The summed E-state index contributed by atoms with van der Waals surface area (Å²) < 4.78 is 18.7. The molecule has 0 aliphatic rings. The summed E-state index contributed by atoms with van der Waals surface area (Å²) in [6, 6.07) is 13.7. The molecule has 3 N–H and O–H groups in total. The first-order chi connectivity index (χ1) is 13.1. The molecule has 0 saturated heterocycles. The monoisotopic (exact) mass is 369 g/mol. The Bertz CT molecular complexity index is 954. The van der Waals surface area contributed by atoms with Gasteiger partial charge in [-0.15, -0.1) is 0 Å². The number of aromatic nitrogens is 1. The Morgan fingerprint density at radius 3 is 2.67 bits per heavy atom. The second kappa shape index (κ2) is 8.46. The number of amides is 1. The maximum Gasteiger partial charge on any atom is 0.356 e. The highest BCUT2D eigenvalue weighted by Gasteiger charge is 2.21. The second-order valence-electron chi connectivity index (χ2n) is 5.92. The lowest BCUT2D eigenvalue weighted by Gasteiger charge is -2.08. The minimum atomic E-state index is -0.610. The highest BCUT2D eigenvalue weighted by Crippen LogP contribution is 2.29. The predicted octanol–water partition coefficient (Wildman–Crippen LogP) is 3.21. The molecule has 3 rings (SSSR count). The number of hydrogen-bond acceptors (Lipinski definition) is 4. The van der Waals surface area contributed by atoms with E-state index in [9.17, 15) is 14.0 Å². The molecule has 0 bridgehead atoms. The highest BCUT2D eigenvalue weighted by molar-refractivity contribution is 6.11. The van der Waals surface area contributed by atoms with Gasteiger partial charge in [0.25, 0.3) is 0 Å². The Morgan fingerprint density at radius 1 is 1.15 bits per heavy atom. The van der Waals surface area contributed by atoms with Crippen LogP contribution >= 0.6 is 0 Å². The number of aromatic amines is 1. The number of benzene rings is 2. The van der Waals surface area contributed by atoms with Crippen LogP contribution in [-0.4, -0.2) is 30.0 Å². The first-order valence-electron chi connectivity index (χ1n) is 8.61. The van der Waals surface area contributed by atoms with Gasteiger partial charge < -0.3 is 20.4 Å². The first-order valence-corrected chi connectivity index (χ1v) is 8.61. The fourth-order valence-corrected chi connectivity index (χ4v) is 2.75. The fourth-order valence-electron chi connectivity index (χ4n) is 2.75. The number of ether oxygens (including phenoxy) is 1. The number of esters is 1. The summed E-state index contributed by atoms with van der Waals surface area (Å²) in [7, 11) is 0. The molecule has 3 aromatic rings. The Labute approximate surface area is 155 Å². The molecule has 6 nitrogen and oxygen atoms in total. The topological polar surface area (TPSA) is 83.2 Å². The van der Waals surface area contributed by atoms with Gasteiger partial charge in [-0.05, 0) is 30.7 Å². The van der Waals surface area contributed by atoms with Crippen LogP contribution in [0.2, 0.25) is 0 Å². The van der Waals surface area contributed by atoms with E-state index in [1.54, 1.807) is 6.92 Å². The molecule has 7 heteroatoms. The van der Waals surface area contributed by atoms with E-state index >= 15 is 0 Å². The Hall–Kier alpha value is -3.19. The maximum atomic E-state index is 13.6. The Morgan fingerprint density at radius 2 is 1.93 bits per heavy atom. The van der Waals surface area contributed by atoms with Crippen molar-refractivity contribution >= 4 is 28.5 Å². The number of nitrogens with one attached hydrogen (secondary N) is 3. The summed E-state index contributed by atoms with van der Waals surface area (Å²) in [5.74, 6) is -1.42. The quantitative estimate of drug-likeness (QED) is 0.559. The van der Waals surface area contributed by atoms with Crippen molar-refractivity contribution in [3.63, 3.8) is 0 Å². The number of hydrogen-bond donors (Lipinski definition) is 3. The van der Waals surface area contributed by atoms with E-state index in [2.05, 4.69) is 15.6 Å². The zero-order valence-corrected chi connectivity index (χ0v) is 14.8. The van der Waals surface area contributed by atoms with Crippen molar-refractivity contribution < 1.29 is 18.7 Å². The number of anilines is 1. The van der Waals surface area contributed by atoms with Gasteiger partial charge in [-0.25, -0.2) is 9.18 Å². The zero-order valence-electron chi connectivity index (χ0n) is 14.8. The molecular formula is C20H20FN3O3. The lowest BCUT2D eigenvalue weighted by atomic mass is 10.2. The average molecular weight is 369 g/mol. The minimum Gasteiger partial charge on any atom is -0.461 e. The molecule has 0 spiro atoms. The number of carbonyl (C=O) groups excluding carboxylic acids is 2. The van der Waals surface area contributed by atoms with Crippen LogP contribution in [0.5, 0.6) is 0 Å². The molecular weight excluding hydrogens is 349 g/mol. The largest absolute Gasteiger partial charge is 0.461 e. The number of rotatable bonds is 7. The van der Waals surface area contributed by atoms with Gasteiger partial charge in [0, 0.05) is 17.4 Å². The van der Waals surface area contributed by atoms with Crippen molar-refractivity contribution in [1.29, 1.82) is 0 Å². The van der Waals surface area contributed by atoms with Crippen molar-refractivity contribution in [2.75, 3.05) is 18.5 Å². The minimum absolute atomic E-state index is 0.0408. The molecule has 2 aromatic carbocycles. The molecule has 0 fully saturated rings. The van der Waals surface area contributed by atoms with Crippen LogP contribution in [0.4, 0.5) is 10.1 Å². The average Bonchev–Trinajstić information content (AvgIpc) is 3.00. The molecule has 140 valence electrons. The van der Waals surface area contributed by atoms with Gasteiger partial charge in [0.05, 0.1) is 18.8 Å². The molecule has 1 aromatic heterocycles. The smallest absolute Gasteiger partial charge is 0.356 e. The van der Waals surface area contributed by atoms with Crippen LogP contribution in [0.1, 0.15) is 23.0 Å². The lowest BCUT2D eigenvalue weighted by Crippen LogP contribution is -2.28. The number of H-pyrrole nitrogens is 1.